The molecule has 1 aliphatic carbocycles. The Balaban J connectivity index is 1.52. The van der Waals surface area contributed by atoms with E-state index < -0.39 is 37.1 Å². The van der Waals surface area contributed by atoms with E-state index in [2.05, 4.69) is 30.8 Å². The molecule has 1 aromatic rings. The Kier molecular flexibility index (Phi) is 8.18. The van der Waals surface area contributed by atoms with Crippen molar-refractivity contribution in [3.8, 4) is 0 Å². The number of aliphatic hydroxyl groups is 4. The third-order valence-corrected chi connectivity index (χ3v) is 7.84. The molecule has 3 aliphatic rings. The highest BCUT2D eigenvalue weighted by Crippen LogP contribution is 2.38. The van der Waals surface area contributed by atoms with Crippen molar-refractivity contribution in [3.63, 3.8) is 0 Å². The summed E-state index contributed by atoms with van der Waals surface area (Å²) in [7, 11) is 0. The minimum absolute atomic E-state index is 0.417. The molecule has 4 rings (SSSR count). The molecule has 34 heavy (non-hydrogen) atoms. The molecule has 2 fully saturated rings. The van der Waals surface area contributed by atoms with Gasteiger partial charge in [-0.1, -0.05) is 55.3 Å². The maximum Gasteiger partial charge on any atom is 0.141 e. The molecule has 0 radical (unpaired) electrons. The van der Waals surface area contributed by atoms with Crippen LogP contribution in [0.2, 0.25) is 0 Å². The van der Waals surface area contributed by atoms with Crippen molar-refractivity contribution in [2.24, 2.45) is 0 Å². The van der Waals surface area contributed by atoms with E-state index in [1.54, 1.807) is 0 Å². The van der Waals surface area contributed by atoms with Gasteiger partial charge in [0, 0.05) is 12.0 Å². The standard InChI is InChI=1S/C27H35ClO6/c1-15(13-17-7-9-19(10-8-17)18-5-3-4-6-18)22(28)27-20(11-12-33-27)16(2)26-25(32)24(31)23(30)21(14-29)34-26/h7-10,18,21,23-26,29-32H,2-6,11-14H2,1H3. The molecule has 186 valence electrons. The highest BCUT2D eigenvalue weighted by atomic mass is 35.5. The van der Waals surface area contributed by atoms with Gasteiger partial charge in [0.2, 0.25) is 0 Å². The molecule has 0 amide bonds. The van der Waals surface area contributed by atoms with Gasteiger partial charge in [0.05, 0.1) is 18.2 Å². The third kappa shape index (κ3) is 5.13. The van der Waals surface area contributed by atoms with E-state index in [9.17, 15) is 20.4 Å². The second-order valence-corrected chi connectivity index (χ2v) is 10.1. The zero-order valence-corrected chi connectivity index (χ0v) is 20.4. The first-order chi connectivity index (χ1) is 16.3. The van der Waals surface area contributed by atoms with Gasteiger partial charge in [-0.15, -0.1) is 0 Å². The summed E-state index contributed by atoms with van der Waals surface area (Å²) in [5.74, 6) is 1.19. The predicted molar refractivity (Wildman–Crippen MR) is 130 cm³/mol. The first-order valence-electron chi connectivity index (χ1n) is 12.1. The highest BCUT2D eigenvalue weighted by molar-refractivity contribution is 6.32. The van der Waals surface area contributed by atoms with Crippen LogP contribution < -0.4 is 0 Å². The van der Waals surface area contributed by atoms with Gasteiger partial charge < -0.3 is 29.9 Å². The summed E-state index contributed by atoms with van der Waals surface area (Å²) in [5, 5.41) is 40.7. The molecule has 0 bridgehead atoms. The average molecular weight is 491 g/mol. The first kappa shape index (κ1) is 25.4. The maximum absolute atomic E-state index is 10.5. The minimum Gasteiger partial charge on any atom is -0.491 e. The lowest BCUT2D eigenvalue weighted by molar-refractivity contribution is -0.218. The summed E-state index contributed by atoms with van der Waals surface area (Å²) >= 11 is 6.77. The molecular formula is C27H35ClO6. The summed E-state index contributed by atoms with van der Waals surface area (Å²) in [6.45, 7) is 5.98. The van der Waals surface area contributed by atoms with Crippen LogP contribution in [0.5, 0.6) is 0 Å². The van der Waals surface area contributed by atoms with E-state index in [-0.39, 0.29) is 0 Å². The van der Waals surface area contributed by atoms with E-state index in [0.29, 0.717) is 47.3 Å². The van der Waals surface area contributed by atoms with Gasteiger partial charge >= 0.3 is 0 Å². The topological polar surface area (TPSA) is 99.4 Å². The van der Waals surface area contributed by atoms with Gasteiger partial charge in [0.25, 0.3) is 0 Å². The predicted octanol–water partition coefficient (Wildman–Crippen LogP) is 3.47. The van der Waals surface area contributed by atoms with Crippen LogP contribution in [0, 0.1) is 0 Å². The number of rotatable bonds is 7. The summed E-state index contributed by atoms with van der Waals surface area (Å²) in [6.07, 6.45) is 0.142. The molecule has 7 heteroatoms. The SMILES string of the molecule is C=C(C1=C(C(Cl)=C(C)Cc2ccc(C3CCCC3)cc2)OCC1)C1OC(CO)C(O)C(O)C1O. The number of ether oxygens (including phenoxy) is 2. The quantitative estimate of drug-likeness (QED) is 0.467. The fourth-order valence-electron chi connectivity index (χ4n) is 5.26. The Morgan fingerprint density at radius 1 is 1.06 bits per heavy atom. The summed E-state index contributed by atoms with van der Waals surface area (Å²) in [6, 6.07) is 8.78. The molecular weight excluding hydrogens is 456 g/mol. The maximum atomic E-state index is 10.5. The number of aliphatic hydroxyl groups excluding tert-OH is 4. The van der Waals surface area contributed by atoms with E-state index >= 15 is 0 Å². The van der Waals surface area contributed by atoms with Crippen molar-refractivity contribution in [1.82, 2.24) is 0 Å². The van der Waals surface area contributed by atoms with Crippen LogP contribution in [-0.2, 0) is 15.9 Å². The molecule has 0 spiro atoms. The zero-order valence-electron chi connectivity index (χ0n) is 19.6. The average Bonchev–Trinajstić information content (AvgIpc) is 3.55. The third-order valence-electron chi connectivity index (χ3n) is 7.35. The van der Waals surface area contributed by atoms with E-state index in [4.69, 9.17) is 21.1 Å². The van der Waals surface area contributed by atoms with Crippen LogP contribution in [-0.4, -0.2) is 64.2 Å². The Morgan fingerprint density at radius 3 is 2.38 bits per heavy atom. The number of halogens is 1. The lowest BCUT2D eigenvalue weighted by atomic mass is 9.87. The van der Waals surface area contributed by atoms with Crippen LogP contribution in [0.15, 0.2) is 58.4 Å². The Morgan fingerprint density at radius 2 is 1.74 bits per heavy atom. The monoisotopic (exact) mass is 490 g/mol. The molecule has 1 saturated heterocycles. The number of allylic oxidation sites excluding steroid dienone is 2. The minimum atomic E-state index is -1.46. The van der Waals surface area contributed by atoms with Crippen molar-refractivity contribution >= 4 is 11.6 Å². The molecule has 2 aliphatic heterocycles. The molecule has 0 aromatic heterocycles. The van der Waals surface area contributed by atoms with Crippen molar-refractivity contribution < 1.29 is 29.9 Å². The Hall–Kier alpha value is -1.67. The summed E-state index contributed by atoms with van der Waals surface area (Å²) < 4.78 is 11.5. The highest BCUT2D eigenvalue weighted by Gasteiger charge is 2.45. The summed E-state index contributed by atoms with van der Waals surface area (Å²) in [4.78, 5) is 0. The lowest BCUT2D eigenvalue weighted by Crippen LogP contribution is -2.58. The molecule has 1 saturated carbocycles. The molecule has 1 aromatic carbocycles. The molecule has 2 heterocycles. The van der Waals surface area contributed by atoms with E-state index in [1.165, 1.54) is 36.8 Å². The smallest absolute Gasteiger partial charge is 0.141 e. The normalized spacial score (nSPS) is 30.9. The van der Waals surface area contributed by atoms with Gasteiger partial charge in [0.15, 0.2) is 0 Å². The van der Waals surface area contributed by atoms with Crippen LogP contribution >= 0.6 is 11.6 Å². The second-order valence-electron chi connectivity index (χ2n) is 9.67. The van der Waals surface area contributed by atoms with E-state index in [0.717, 1.165) is 5.57 Å². The van der Waals surface area contributed by atoms with Crippen LogP contribution in [0.4, 0.5) is 0 Å². The van der Waals surface area contributed by atoms with Crippen molar-refractivity contribution in [3.05, 3.63) is 69.5 Å². The van der Waals surface area contributed by atoms with Crippen LogP contribution in [0.3, 0.4) is 0 Å². The molecule has 4 N–H and O–H groups in total. The Labute approximate surface area is 206 Å². The van der Waals surface area contributed by atoms with Crippen LogP contribution in [0.25, 0.3) is 0 Å². The molecule has 6 nitrogen and oxygen atoms in total. The number of benzene rings is 1. The van der Waals surface area contributed by atoms with Crippen LogP contribution in [0.1, 0.15) is 56.1 Å². The first-order valence-corrected chi connectivity index (χ1v) is 12.5. The van der Waals surface area contributed by atoms with E-state index in [1.807, 2.05) is 6.92 Å². The summed E-state index contributed by atoms with van der Waals surface area (Å²) in [5.41, 5.74) is 4.67. The molecule has 5 unspecified atom stereocenters. The Bertz CT molecular complexity index is 944. The van der Waals surface area contributed by atoms with Gasteiger partial charge in [-0.3, -0.25) is 0 Å². The van der Waals surface area contributed by atoms with Crippen molar-refractivity contribution in [1.29, 1.82) is 0 Å². The largest absolute Gasteiger partial charge is 0.491 e. The molecule has 5 atom stereocenters. The van der Waals surface area contributed by atoms with Gasteiger partial charge in [-0.2, -0.15) is 0 Å². The van der Waals surface area contributed by atoms with Crippen molar-refractivity contribution in [2.75, 3.05) is 13.2 Å². The number of hydrogen-bond acceptors (Lipinski definition) is 6. The number of hydrogen-bond donors (Lipinski definition) is 4. The van der Waals surface area contributed by atoms with Gasteiger partial charge in [-0.25, -0.2) is 0 Å². The van der Waals surface area contributed by atoms with Crippen molar-refractivity contribution in [2.45, 2.75) is 81.9 Å². The lowest BCUT2D eigenvalue weighted by Gasteiger charge is -2.41. The fourth-order valence-corrected chi connectivity index (χ4v) is 5.50. The second kappa shape index (κ2) is 10.9. The van der Waals surface area contributed by atoms with Gasteiger partial charge in [0.1, 0.15) is 36.3 Å². The zero-order chi connectivity index (χ0) is 24.4. The van der Waals surface area contributed by atoms with Gasteiger partial charge in [-0.05, 0) is 54.4 Å². The fraction of sp³-hybridized carbons (Fsp3) is 0.556.